The summed E-state index contributed by atoms with van der Waals surface area (Å²) < 4.78 is 16.3. The maximum absolute atomic E-state index is 5.70. The molecule has 3 nitrogen and oxygen atoms in total. The van der Waals surface area contributed by atoms with Crippen molar-refractivity contribution in [3.8, 4) is 29.1 Å². The van der Waals surface area contributed by atoms with Crippen LogP contribution in [0.4, 0.5) is 0 Å². The third kappa shape index (κ3) is 4.20. The van der Waals surface area contributed by atoms with E-state index in [0.29, 0.717) is 0 Å². The summed E-state index contributed by atoms with van der Waals surface area (Å²) in [5.74, 6) is 8.73. The smallest absolute Gasteiger partial charge is 0.231 e. The lowest BCUT2D eigenvalue weighted by molar-refractivity contribution is 0.174. The van der Waals surface area contributed by atoms with Crippen molar-refractivity contribution in [2.45, 2.75) is 26.2 Å². The highest BCUT2D eigenvalue weighted by atomic mass is 16.7. The molecule has 0 N–H and O–H groups in total. The van der Waals surface area contributed by atoms with Crippen LogP contribution in [0.1, 0.15) is 37.3 Å². The summed E-state index contributed by atoms with van der Waals surface area (Å²) in [5, 5.41) is 0. The first kappa shape index (κ1) is 15.3. The monoisotopic (exact) mass is 308 g/mol. The van der Waals surface area contributed by atoms with Gasteiger partial charge in [-0.05, 0) is 48.9 Å². The number of hydrogen-bond acceptors (Lipinski definition) is 3. The first-order valence-corrected chi connectivity index (χ1v) is 7.99. The normalized spacial score (nSPS) is 11.7. The Bertz CT molecular complexity index is 708. The van der Waals surface area contributed by atoms with Gasteiger partial charge >= 0.3 is 0 Å². The summed E-state index contributed by atoms with van der Waals surface area (Å²) in [6.07, 6.45) is 3.51. The SMILES string of the molecule is CCCCCOc1ccc(C#Cc2ccc3c(c2)OCO3)cc1. The van der Waals surface area contributed by atoms with Crippen LogP contribution in [0.2, 0.25) is 0 Å². The van der Waals surface area contributed by atoms with E-state index in [2.05, 4.69) is 18.8 Å². The number of unbranched alkanes of at least 4 members (excludes halogenated alkanes) is 2. The van der Waals surface area contributed by atoms with Crippen molar-refractivity contribution in [3.63, 3.8) is 0 Å². The van der Waals surface area contributed by atoms with Crippen molar-refractivity contribution in [2.24, 2.45) is 0 Å². The topological polar surface area (TPSA) is 27.7 Å². The minimum Gasteiger partial charge on any atom is -0.494 e. The van der Waals surface area contributed by atoms with Gasteiger partial charge in [-0.25, -0.2) is 0 Å². The highest BCUT2D eigenvalue weighted by Crippen LogP contribution is 2.32. The predicted molar refractivity (Wildman–Crippen MR) is 90.0 cm³/mol. The standard InChI is InChI=1S/C20H20O3/c1-2-3-4-13-21-18-10-7-16(8-11-18)5-6-17-9-12-19-20(14-17)23-15-22-19/h7-12,14H,2-4,13,15H2,1H3. The molecule has 1 heterocycles. The van der Waals surface area contributed by atoms with Crippen LogP contribution >= 0.6 is 0 Å². The van der Waals surface area contributed by atoms with Gasteiger partial charge in [-0.15, -0.1) is 0 Å². The van der Waals surface area contributed by atoms with E-state index in [1.165, 1.54) is 12.8 Å². The average Bonchev–Trinajstić information content (AvgIpc) is 3.06. The van der Waals surface area contributed by atoms with Gasteiger partial charge < -0.3 is 14.2 Å². The second-order valence-electron chi connectivity index (χ2n) is 5.40. The fraction of sp³-hybridized carbons (Fsp3) is 0.300. The number of ether oxygens (including phenoxy) is 3. The predicted octanol–water partition coefficient (Wildman–Crippen LogP) is 4.38. The van der Waals surface area contributed by atoms with Crippen LogP contribution in [0, 0.1) is 11.8 Å². The third-order valence-electron chi connectivity index (χ3n) is 3.59. The van der Waals surface area contributed by atoms with Crippen molar-refractivity contribution in [1.29, 1.82) is 0 Å². The molecule has 2 aromatic rings. The van der Waals surface area contributed by atoms with E-state index >= 15 is 0 Å². The first-order valence-electron chi connectivity index (χ1n) is 7.99. The van der Waals surface area contributed by atoms with E-state index in [0.717, 1.165) is 41.4 Å². The van der Waals surface area contributed by atoms with Crippen LogP contribution < -0.4 is 14.2 Å². The third-order valence-corrected chi connectivity index (χ3v) is 3.59. The Labute approximate surface area is 137 Å². The minimum absolute atomic E-state index is 0.284. The van der Waals surface area contributed by atoms with E-state index in [9.17, 15) is 0 Å². The Kier molecular flexibility index (Phi) is 5.06. The van der Waals surface area contributed by atoms with Crippen LogP contribution in [0.3, 0.4) is 0 Å². The van der Waals surface area contributed by atoms with Crippen molar-refractivity contribution in [2.75, 3.05) is 13.4 Å². The molecule has 1 aliphatic heterocycles. The molecule has 0 saturated carbocycles. The highest BCUT2D eigenvalue weighted by Gasteiger charge is 2.12. The summed E-state index contributed by atoms with van der Waals surface area (Å²) in [6.45, 7) is 3.25. The van der Waals surface area contributed by atoms with E-state index in [1.807, 2.05) is 42.5 Å². The molecule has 3 rings (SSSR count). The van der Waals surface area contributed by atoms with Crippen LogP contribution in [-0.2, 0) is 0 Å². The Morgan fingerprint density at radius 3 is 2.48 bits per heavy atom. The van der Waals surface area contributed by atoms with Gasteiger partial charge in [0.15, 0.2) is 11.5 Å². The molecule has 0 spiro atoms. The molecule has 3 heteroatoms. The van der Waals surface area contributed by atoms with Crippen LogP contribution in [0.15, 0.2) is 42.5 Å². The molecule has 0 radical (unpaired) electrons. The molecule has 0 bridgehead atoms. The summed E-state index contributed by atoms with van der Waals surface area (Å²) in [4.78, 5) is 0. The summed E-state index contributed by atoms with van der Waals surface area (Å²) in [6, 6.07) is 13.6. The van der Waals surface area contributed by atoms with Crippen LogP contribution in [0.25, 0.3) is 0 Å². The van der Waals surface area contributed by atoms with Crippen LogP contribution in [-0.4, -0.2) is 13.4 Å². The van der Waals surface area contributed by atoms with E-state index in [-0.39, 0.29) is 6.79 Å². The maximum Gasteiger partial charge on any atom is 0.231 e. The zero-order valence-corrected chi connectivity index (χ0v) is 13.3. The summed E-state index contributed by atoms with van der Waals surface area (Å²) >= 11 is 0. The summed E-state index contributed by atoms with van der Waals surface area (Å²) in [5.41, 5.74) is 1.87. The molecular weight excluding hydrogens is 288 g/mol. The lowest BCUT2D eigenvalue weighted by Gasteiger charge is -2.05. The number of benzene rings is 2. The minimum atomic E-state index is 0.284. The van der Waals surface area contributed by atoms with E-state index < -0.39 is 0 Å². The molecule has 0 atom stereocenters. The summed E-state index contributed by atoms with van der Waals surface area (Å²) in [7, 11) is 0. The molecule has 23 heavy (non-hydrogen) atoms. The lowest BCUT2D eigenvalue weighted by Crippen LogP contribution is -1.96. The molecule has 0 aromatic heterocycles. The number of fused-ring (bicyclic) bond motifs is 1. The molecular formula is C20H20O3. The van der Waals surface area contributed by atoms with Gasteiger partial charge in [0.2, 0.25) is 6.79 Å². The zero-order chi connectivity index (χ0) is 15.9. The van der Waals surface area contributed by atoms with Gasteiger partial charge in [-0.2, -0.15) is 0 Å². The molecule has 0 unspecified atom stereocenters. The Morgan fingerprint density at radius 1 is 0.913 bits per heavy atom. The molecule has 0 amide bonds. The highest BCUT2D eigenvalue weighted by molar-refractivity contribution is 5.51. The zero-order valence-electron chi connectivity index (χ0n) is 13.3. The molecule has 0 fully saturated rings. The van der Waals surface area contributed by atoms with Gasteiger partial charge in [-0.3, -0.25) is 0 Å². The Morgan fingerprint density at radius 2 is 1.65 bits per heavy atom. The Balaban J connectivity index is 1.60. The molecule has 118 valence electrons. The maximum atomic E-state index is 5.70. The van der Waals surface area contributed by atoms with Gasteiger partial charge in [0.05, 0.1) is 6.61 Å². The first-order chi connectivity index (χ1) is 11.3. The quantitative estimate of drug-likeness (QED) is 0.606. The van der Waals surface area contributed by atoms with Crippen molar-refractivity contribution in [1.82, 2.24) is 0 Å². The van der Waals surface area contributed by atoms with E-state index in [1.54, 1.807) is 0 Å². The fourth-order valence-corrected chi connectivity index (χ4v) is 2.30. The van der Waals surface area contributed by atoms with Gasteiger partial charge in [-0.1, -0.05) is 31.6 Å². The van der Waals surface area contributed by atoms with E-state index in [4.69, 9.17) is 14.2 Å². The van der Waals surface area contributed by atoms with Crippen molar-refractivity contribution < 1.29 is 14.2 Å². The fourth-order valence-electron chi connectivity index (χ4n) is 2.30. The second kappa shape index (κ2) is 7.60. The molecule has 2 aromatic carbocycles. The van der Waals surface area contributed by atoms with Gasteiger partial charge in [0.1, 0.15) is 5.75 Å². The van der Waals surface area contributed by atoms with Crippen LogP contribution in [0.5, 0.6) is 17.2 Å². The molecule has 1 aliphatic rings. The Hall–Kier alpha value is -2.60. The molecule has 0 aliphatic carbocycles. The number of hydrogen-bond donors (Lipinski definition) is 0. The second-order valence-corrected chi connectivity index (χ2v) is 5.40. The van der Waals surface area contributed by atoms with Gasteiger partial charge in [0, 0.05) is 11.1 Å². The van der Waals surface area contributed by atoms with Crippen molar-refractivity contribution in [3.05, 3.63) is 53.6 Å². The lowest BCUT2D eigenvalue weighted by atomic mass is 10.1. The van der Waals surface area contributed by atoms with Gasteiger partial charge in [0.25, 0.3) is 0 Å². The average molecular weight is 308 g/mol. The largest absolute Gasteiger partial charge is 0.494 e. The van der Waals surface area contributed by atoms with Crippen molar-refractivity contribution >= 4 is 0 Å². The number of rotatable bonds is 5. The molecule has 0 saturated heterocycles.